The molecular weight excluding hydrogens is 378 g/mol. The van der Waals surface area contributed by atoms with E-state index in [9.17, 15) is 4.79 Å². The molecule has 1 aromatic carbocycles. The van der Waals surface area contributed by atoms with Gasteiger partial charge in [-0.1, -0.05) is 68.9 Å². The van der Waals surface area contributed by atoms with E-state index >= 15 is 0 Å². The van der Waals surface area contributed by atoms with Crippen LogP contribution in [0.4, 0.5) is 0 Å². The number of benzene rings is 1. The third-order valence-corrected chi connectivity index (χ3v) is 6.99. The minimum atomic E-state index is 0.0602. The number of thiocarbonyl (C=S) groups is 1. The molecule has 2 atom stereocenters. The molecule has 5 heteroatoms. The van der Waals surface area contributed by atoms with Gasteiger partial charge in [0.05, 0.1) is 6.54 Å². The average Bonchev–Trinajstić information content (AvgIpc) is 2.74. The lowest BCUT2D eigenvalue weighted by atomic mass is 9.86. The molecule has 0 radical (unpaired) electrons. The Morgan fingerprint density at radius 2 is 1.69 bits per heavy atom. The maximum absolute atomic E-state index is 12.5. The lowest BCUT2D eigenvalue weighted by molar-refractivity contribution is -0.121. The molecule has 0 aliphatic heterocycles. The number of amides is 1. The zero-order valence-electron chi connectivity index (χ0n) is 18.1. The van der Waals surface area contributed by atoms with Gasteiger partial charge in [0.1, 0.15) is 0 Å². The van der Waals surface area contributed by atoms with Crippen molar-refractivity contribution in [1.29, 1.82) is 0 Å². The fourth-order valence-corrected chi connectivity index (χ4v) is 4.98. The van der Waals surface area contributed by atoms with Gasteiger partial charge in [-0.3, -0.25) is 4.79 Å². The van der Waals surface area contributed by atoms with Gasteiger partial charge in [-0.05, 0) is 56.3 Å². The summed E-state index contributed by atoms with van der Waals surface area (Å²) in [6, 6.07) is 9.46. The van der Waals surface area contributed by atoms with Crippen molar-refractivity contribution in [2.75, 3.05) is 6.54 Å². The molecule has 0 unspecified atom stereocenters. The van der Waals surface area contributed by atoms with E-state index in [0.29, 0.717) is 23.1 Å². The van der Waals surface area contributed by atoms with Gasteiger partial charge in [0.25, 0.3) is 0 Å². The molecule has 2 saturated carbocycles. The van der Waals surface area contributed by atoms with Crippen molar-refractivity contribution < 1.29 is 4.79 Å². The molecule has 1 amide bonds. The van der Waals surface area contributed by atoms with Gasteiger partial charge in [-0.25, -0.2) is 0 Å². The Bertz CT molecular complexity index is 669. The second-order valence-corrected chi connectivity index (χ2v) is 9.39. The largest absolute Gasteiger partial charge is 0.353 e. The number of rotatable bonds is 6. The van der Waals surface area contributed by atoms with E-state index in [1.165, 1.54) is 62.5 Å². The number of aryl methyl sites for hydroxylation is 1. The molecule has 0 heterocycles. The summed E-state index contributed by atoms with van der Waals surface area (Å²) < 4.78 is 0. The van der Waals surface area contributed by atoms with Gasteiger partial charge in [-0.15, -0.1) is 0 Å². The first kappa shape index (κ1) is 22.1. The van der Waals surface area contributed by atoms with Gasteiger partial charge in [0, 0.05) is 18.6 Å². The molecule has 0 bridgehead atoms. The summed E-state index contributed by atoms with van der Waals surface area (Å²) in [5, 5.41) is 7.19. The first-order valence-corrected chi connectivity index (χ1v) is 11.8. The van der Waals surface area contributed by atoms with Gasteiger partial charge in [0.15, 0.2) is 5.11 Å². The molecule has 2 aliphatic rings. The van der Waals surface area contributed by atoms with Gasteiger partial charge in [-0.2, -0.15) is 0 Å². The Morgan fingerprint density at radius 1 is 1.03 bits per heavy atom. The zero-order valence-corrected chi connectivity index (χ0v) is 18.9. The molecule has 2 fully saturated rings. The molecule has 1 aromatic rings. The van der Waals surface area contributed by atoms with Gasteiger partial charge < -0.3 is 15.5 Å². The maximum atomic E-state index is 12.5. The van der Waals surface area contributed by atoms with Gasteiger partial charge in [0.2, 0.25) is 5.91 Å². The number of nitrogens with one attached hydrogen (secondary N) is 2. The molecule has 0 saturated heterocycles. The van der Waals surface area contributed by atoms with Crippen molar-refractivity contribution in [3.8, 4) is 0 Å². The van der Waals surface area contributed by atoms with Crippen molar-refractivity contribution >= 4 is 23.2 Å². The van der Waals surface area contributed by atoms with Crippen LogP contribution in [0.3, 0.4) is 0 Å². The fraction of sp³-hybridized carbons (Fsp3) is 0.667. The van der Waals surface area contributed by atoms with E-state index in [4.69, 9.17) is 12.2 Å². The summed E-state index contributed by atoms with van der Waals surface area (Å²) >= 11 is 5.76. The molecule has 160 valence electrons. The minimum Gasteiger partial charge on any atom is -0.353 e. The number of carbonyl (C=O) groups is 1. The van der Waals surface area contributed by atoms with Crippen LogP contribution in [0.2, 0.25) is 0 Å². The highest BCUT2D eigenvalue weighted by molar-refractivity contribution is 7.80. The van der Waals surface area contributed by atoms with E-state index in [1.54, 1.807) is 0 Å². The van der Waals surface area contributed by atoms with Crippen LogP contribution in [0.25, 0.3) is 0 Å². The topological polar surface area (TPSA) is 44.4 Å². The van der Waals surface area contributed by atoms with Crippen molar-refractivity contribution in [3.05, 3.63) is 35.4 Å². The Labute approximate surface area is 181 Å². The summed E-state index contributed by atoms with van der Waals surface area (Å²) in [5.74, 6) is 0.630. The van der Waals surface area contributed by atoms with E-state index in [2.05, 4.69) is 53.6 Å². The Balaban J connectivity index is 1.56. The molecule has 0 spiro atoms. The van der Waals surface area contributed by atoms with Crippen LogP contribution in [-0.4, -0.2) is 34.5 Å². The van der Waals surface area contributed by atoms with Crippen LogP contribution in [0.1, 0.15) is 75.8 Å². The Morgan fingerprint density at radius 3 is 2.38 bits per heavy atom. The highest BCUT2D eigenvalue weighted by atomic mass is 32.1. The molecule has 3 rings (SSSR count). The first-order chi connectivity index (χ1) is 14.0. The smallest absolute Gasteiger partial charge is 0.239 e. The molecule has 0 aromatic heterocycles. The molecule has 29 heavy (non-hydrogen) atoms. The number of hydrogen-bond acceptors (Lipinski definition) is 2. The van der Waals surface area contributed by atoms with Crippen LogP contribution >= 0.6 is 12.2 Å². The molecule has 2 aliphatic carbocycles. The number of carbonyl (C=O) groups excluding carboxylic acids is 1. The quantitative estimate of drug-likeness (QED) is 0.661. The van der Waals surface area contributed by atoms with Crippen molar-refractivity contribution in [1.82, 2.24) is 15.5 Å². The van der Waals surface area contributed by atoms with Gasteiger partial charge >= 0.3 is 0 Å². The first-order valence-electron chi connectivity index (χ1n) is 11.4. The van der Waals surface area contributed by atoms with E-state index in [-0.39, 0.29) is 12.5 Å². The Kier molecular flexibility index (Phi) is 8.34. The van der Waals surface area contributed by atoms with Crippen molar-refractivity contribution in [2.24, 2.45) is 5.92 Å². The second-order valence-electron chi connectivity index (χ2n) is 9.00. The summed E-state index contributed by atoms with van der Waals surface area (Å²) in [6.07, 6.45) is 11.0. The number of nitrogens with zero attached hydrogens (tertiary/aromatic N) is 1. The normalized spacial score (nSPS) is 22.7. The lowest BCUT2D eigenvalue weighted by Gasteiger charge is -2.36. The third kappa shape index (κ3) is 6.70. The van der Waals surface area contributed by atoms with Crippen LogP contribution in [0.15, 0.2) is 24.3 Å². The highest BCUT2D eigenvalue weighted by Crippen LogP contribution is 2.25. The Hall–Kier alpha value is -1.62. The van der Waals surface area contributed by atoms with E-state index in [0.717, 1.165) is 13.0 Å². The van der Waals surface area contributed by atoms with Crippen LogP contribution in [0, 0.1) is 12.8 Å². The molecule has 2 N–H and O–H groups in total. The SMILES string of the molecule is Cc1ccc(CN(C(=S)NCC(=O)N[C@H]2CCCC[C@H]2C)C2CCCCC2)cc1. The standard InChI is InChI=1S/C24H37N3OS/c1-18-12-14-20(15-13-18)17-27(21-9-4-3-5-10-21)24(29)25-16-23(28)26-22-11-7-6-8-19(22)2/h12-15,19,21-22H,3-11,16-17H2,1-2H3,(H,25,29)(H,26,28)/t19-,22+/m1/s1. The zero-order chi connectivity index (χ0) is 20.6. The summed E-state index contributed by atoms with van der Waals surface area (Å²) in [4.78, 5) is 14.8. The van der Waals surface area contributed by atoms with Crippen molar-refractivity contribution in [3.63, 3.8) is 0 Å². The van der Waals surface area contributed by atoms with Crippen LogP contribution < -0.4 is 10.6 Å². The number of hydrogen-bond donors (Lipinski definition) is 2. The monoisotopic (exact) mass is 415 g/mol. The summed E-state index contributed by atoms with van der Waals surface area (Å²) in [5.41, 5.74) is 2.54. The highest BCUT2D eigenvalue weighted by Gasteiger charge is 2.25. The predicted molar refractivity (Wildman–Crippen MR) is 124 cm³/mol. The molecular formula is C24H37N3OS. The van der Waals surface area contributed by atoms with Crippen LogP contribution in [-0.2, 0) is 11.3 Å². The van der Waals surface area contributed by atoms with Crippen LogP contribution in [0.5, 0.6) is 0 Å². The predicted octanol–water partition coefficient (Wildman–Crippen LogP) is 4.70. The molecule has 4 nitrogen and oxygen atoms in total. The minimum absolute atomic E-state index is 0.0602. The summed E-state index contributed by atoms with van der Waals surface area (Å²) in [7, 11) is 0. The average molecular weight is 416 g/mol. The fourth-order valence-electron chi connectivity index (χ4n) is 4.70. The maximum Gasteiger partial charge on any atom is 0.239 e. The summed E-state index contributed by atoms with van der Waals surface area (Å²) in [6.45, 7) is 5.42. The lowest BCUT2D eigenvalue weighted by Crippen LogP contribution is -2.50. The van der Waals surface area contributed by atoms with Crippen molar-refractivity contribution in [2.45, 2.75) is 90.3 Å². The van der Waals surface area contributed by atoms with E-state index < -0.39 is 0 Å². The second kappa shape index (κ2) is 11.0. The third-order valence-electron chi connectivity index (χ3n) is 6.61. The van der Waals surface area contributed by atoms with E-state index in [1.807, 2.05) is 0 Å².